The lowest BCUT2D eigenvalue weighted by atomic mass is 10.1. The first-order chi connectivity index (χ1) is 13.4. The Kier molecular flexibility index (Phi) is 8.86. The van der Waals surface area contributed by atoms with Gasteiger partial charge in [0.1, 0.15) is 10.8 Å². The van der Waals surface area contributed by atoms with Crippen molar-refractivity contribution < 1.29 is 10.2 Å². The van der Waals surface area contributed by atoms with E-state index < -0.39 is 0 Å². The summed E-state index contributed by atoms with van der Waals surface area (Å²) in [7, 11) is 0. The van der Waals surface area contributed by atoms with Crippen LogP contribution in [0.3, 0.4) is 0 Å². The van der Waals surface area contributed by atoms with E-state index >= 15 is 0 Å². The van der Waals surface area contributed by atoms with Crippen molar-refractivity contribution in [2.45, 2.75) is 19.4 Å². The van der Waals surface area contributed by atoms with Gasteiger partial charge in [0.2, 0.25) is 0 Å². The number of halogens is 1. The van der Waals surface area contributed by atoms with E-state index in [0.717, 1.165) is 53.6 Å². The van der Waals surface area contributed by atoms with Gasteiger partial charge in [0, 0.05) is 35.4 Å². The van der Waals surface area contributed by atoms with Gasteiger partial charge < -0.3 is 14.8 Å². The van der Waals surface area contributed by atoms with E-state index in [1.807, 2.05) is 49.1 Å². The fraction of sp³-hybridized carbons (Fsp3) is 0.182. The number of aromatic nitrogens is 3. The minimum atomic E-state index is 0. The van der Waals surface area contributed by atoms with Crippen LogP contribution in [0.25, 0.3) is 21.8 Å². The Morgan fingerprint density at radius 3 is 2.45 bits per heavy atom. The van der Waals surface area contributed by atoms with Gasteiger partial charge >= 0.3 is 0 Å². The largest absolute Gasteiger partial charge is 0.494 e. The lowest BCUT2D eigenvalue weighted by Crippen LogP contribution is -2.00. The smallest absolute Gasteiger partial charge is 0.124 e. The molecule has 0 saturated heterocycles. The third kappa shape index (κ3) is 6.15. The van der Waals surface area contributed by atoms with Crippen molar-refractivity contribution in [3.05, 3.63) is 78.7 Å². The fourth-order valence-electron chi connectivity index (χ4n) is 2.85. The SMILES string of the molecule is Cl.O.c1ccc(-c2nc(-c3ccc(OCCCCn4ccnc4)cc3)cs2)cc1. The molecule has 4 aromatic rings. The molecule has 2 aromatic heterocycles. The standard InChI is InChI=1S/C22H21N3OS.ClH.H2O/c1-2-6-19(7-3-1)22-24-21(16-27-22)18-8-10-20(11-9-18)26-15-5-4-13-25-14-12-23-17-25;;/h1-3,6-12,14,16-17H,4-5,13,15H2;1H;1H2. The molecule has 4 rings (SSSR count). The number of benzene rings is 2. The first kappa shape index (κ1) is 22.6. The van der Waals surface area contributed by atoms with Crippen LogP contribution in [0.5, 0.6) is 5.75 Å². The van der Waals surface area contributed by atoms with Gasteiger partial charge in [-0.15, -0.1) is 23.7 Å². The molecule has 0 radical (unpaired) electrons. The van der Waals surface area contributed by atoms with E-state index in [9.17, 15) is 0 Å². The predicted octanol–water partition coefficient (Wildman–Crippen LogP) is 5.13. The molecule has 0 aliphatic rings. The molecular weight excluding hydrogens is 406 g/mol. The fourth-order valence-corrected chi connectivity index (χ4v) is 3.68. The van der Waals surface area contributed by atoms with Crippen LogP contribution >= 0.6 is 23.7 Å². The average molecular weight is 430 g/mol. The molecule has 0 bridgehead atoms. The van der Waals surface area contributed by atoms with Gasteiger partial charge in [0.15, 0.2) is 0 Å². The summed E-state index contributed by atoms with van der Waals surface area (Å²) in [6.45, 7) is 1.71. The van der Waals surface area contributed by atoms with Gasteiger partial charge in [0.25, 0.3) is 0 Å². The molecule has 0 fully saturated rings. The molecule has 0 unspecified atom stereocenters. The van der Waals surface area contributed by atoms with Crippen molar-refractivity contribution >= 4 is 23.7 Å². The molecule has 0 aliphatic carbocycles. The maximum absolute atomic E-state index is 5.85. The molecule has 2 heterocycles. The molecule has 0 atom stereocenters. The summed E-state index contributed by atoms with van der Waals surface area (Å²) in [5, 5.41) is 3.15. The number of hydrogen-bond donors (Lipinski definition) is 0. The van der Waals surface area contributed by atoms with E-state index in [2.05, 4.69) is 39.2 Å². The minimum absolute atomic E-state index is 0. The summed E-state index contributed by atoms with van der Waals surface area (Å²) in [5.74, 6) is 0.903. The van der Waals surface area contributed by atoms with E-state index in [-0.39, 0.29) is 17.9 Å². The number of nitrogens with zero attached hydrogens (tertiary/aromatic N) is 3. The van der Waals surface area contributed by atoms with E-state index in [4.69, 9.17) is 9.72 Å². The summed E-state index contributed by atoms with van der Waals surface area (Å²) in [6, 6.07) is 18.5. The Morgan fingerprint density at radius 2 is 1.72 bits per heavy atom. The Balaban J connectivity index is 0.00000150. The van der Waals surface area contributed by atoms with Crippen LogP contribution in [0.4, 0.5) is 0 Å². The molecule has 2 N–H and O–H groups in total. The van der Waals surface area contributed by atoms with Crippen LogP contribution in [-0.4, -0.2) is 26.6 Å². The summed E-state index contributed by atoms with van der Waals surface area (Å²) < 4.78 is 7.94. The van der Waals surface area contributed by atoms with Crippen molar-refractivity contribution in [2.75, 3.05) is 6.61 Å². The van der Waals surface area contributed by atoms with Gasteiger partial charge in [0.05, 0.1) is 18.6 Å². The maximum Gasteiger partial charge on any atom is 0.124 e. The number of aryl methyl sites for hydroxylation is 1. The number of unbranched alkanes of at least 4 members (excludes halogenated alkanes) is 1. The highest BCUT2D eigenvalue weighted by Crippen LogP contribution is 2.29. The van der Waals surface area contributed by atoms with E-state index in [1.54, 1.807) is 11.3 Å². The molecule has 5 nitrogen and oxygen atoms in total. The van der Waals surface area contributed by atoms with Crippen molar-refractivity contribution in [3.8, 4) is 27.6 Å². The zero-order valence-electron chi connectivity index (χ0n) is 15.9. The molecule has 152 valence electrons. The summed E-state index contributed by atoms with van der Waals surface area (Å²) in [4.78, 5) is 8.81. The lowest BCUT2D eigenvalue weighted by molar-refractivity contribution is 0.303. The average Bonchev–Trinajstić information content (AvgIpc) is 3.41. The van der Waals surface area contributed by atoms with Gasteiger partial charge in [-0.3, -0.25) is 0 Å². The van der Waals surface area contributed by atoms with Gasteiger partial charge in [-0.1, -0.05) is 30.3 Å². The molecule has 0 spiro atoms. The van der Waals surface area contributed by atoms with Crippen molar-refractivity contribution in [1.29, 1.82) is 0 Å². The third-order valence-electron chi connectivity index (χ3n) is 4.31. The Labute approximate surface area is 180 Å². The summed E-state index contributed by atoms with van der Waals surface area (Å²) >= 11 is 1.67. The Morgan fingerprint density at radius 1 is 0.931 bits per heavy atom. The van der Waals surface area contributed by atoms with Crippen LogP contribution in [0.1, 0.15) is 12.8 Å². The van der Waals surface area contributed by atoms with Crippen LogP contribution in [0, 0.1) is 0 Å². The van der Waals surface area contributed by atoms with Gasteiger partial charge in [-0.25, -0.2) is 9.97 Å². The Bertz CT molecular complexity index is 957. The quantitative estimate of drug-likeness (QED) is 0.364. The number of rotatable bonds is 8. The monoisotopic (exact) mass is 429 g/mol. The van der Waals surface area contributed by atoms with E-state index in [1.165, 1.54) is 0 Å². The van der Waals surface area contributed by atoms with Crippen LogP contribution in [-0.2, 0) is 6.54 Å². The second-order valence-corrected chi connectivity index (χ2v) is 7.14. The summed E-state index contributed by atoms with van der Waals surface area (Å²) in [6.07, 6.45) is 7.74. The second-order valence-electron chi connectivity index (χ2n) is 6.28. The molecule has 0 aliphatic heterocycles. The topological polar surface area (TPSA) is 71.4 Å². The van der Waals surface area contributed by atoms with Crippen molar-refractivity contribution in [1.82, 2.24) is 14.5 Å². The van der Waals surface area contributed by atoms with Crippen molar-refractivity contribution in [2.24, 2.45) is 0 Å². The number of hydrogen-bond acceptors (Lipinski definition) is 4. The third-order valence-corrected chi connectivity index (χ3v) is 5.20. The van der Waals surface area contributed by atoms with Crippen molar-refractivity contribution in [3.63, 3.8) is 0 Å². The molecule has 7 heteroatoms. The number of imidazole rings is 1. The van der Waals surface area contributed by atoms with Crippen LogP contribution in [0.2, 0.25) is 0 Å². The lowest BCUT2D eigenvalue weighted by Gasteiger charge is -2.07. The zero-order valence-corrected chi connectivity index (χ0v) is 17.5. The van der Waals surface area contributed by atoms with E-state index in [0.29, 0.717) is 0 Å². The van der Waals surface area contributed by atoms with Crippen LogP contribution < -0.4 is 4.74 Å². The first-order valence-corrected chi connectivity index (χ1v) is 9.96. The van der Waals surface area contributed by atoms with Gasteiger partial charge in [-0.2, -0.15) is 0 Å². The highest BCUT2D eigenvalue weighted by atomic mass is 35.5. The molecule has 29 heavy (non-hydrogen) atoms. The highest BCUT2D eigenvalue weighted by molar-refractivity contribution is 7.13. The zero-order chi connectivity index (χ0) is 18.3. The van der Waals surface area contributed by atoms with Gasteiger partial charge in [-0.05, 0) is 37.1 Å². The second kappa shape index (κ2) is 11.4. The maximum atomic E-state index is 5.85. The highest BCUT2D eigenvalue weighted by Gasteiger charge is 2.06. The van der Waals surface area contributed by atoms with Crippen LogP contribution in [0.15, 0.2) is 78.7 Å². The first-order valence-electron chi connectivity index (χ1n) is 9.08. The molecular formula is C22H24ClN3O2S. The summed E-state index contributed by atoms with van der Waals surface area (Å²) in [5.41, 5.74) is 3.27. The molecule has 0 amide bonds. The normalized spacial score (nSPS) is 10.1. The predicted molar refractivity (Wildman–Crippen MR) is 121 cm³/mol. The molecule has 2 aromatic carbocycles. The number of thiazole rings is 1. The number of ether oxygens (including phenoxy) is 1. The molecule has 0 saturated carbocycles. The Hall–Kier alpha value is -2.67. The minimum Gasteiger partial charge on any atom is -0.494 e.